The molecule has 0 radical (unpaired) electrons. The molecule has 3 nitrogen and oxygen atoms in total. The first-order valence-electron chi connectivity index (χ1n) is 9.46. The number of rotatable bonds is 8. The maximum Gasteiger partial charge on any atom is 0.220 e. The molecule has 0 aromatic heterocycles. The second-order valence-electron chi connectivity index (χ2n) is 6.90. The van der Waals surface area contributed by atoms with Crippen molar-refractivity contribution in [1.29, 1.82) is 0 Å². The number of benzene rings is 2. The van der Waals surface area contributed by atoms with Crippen LogP contribution in [0.4, 0.5) is 4.39 Å². The number of carbonyl (C=O) groups excluding carboxylic acids is 1. The van der Waals surface area contributed by atoms with Crippen LogP contribution in [0, 0.1) is 5.82 Å². The van der Waals surface area contributed by atoms with E-state index >= 15 is 0 Å². The maximum atomic E-state index is 12.9. The number of halogens is 1. The Labute approximate surface area is 154 Å². The van der Waals surface area contributed by atoms with Gasteiger partial charge in [0.2, 0.25) is 5.91 Å². The lowest BCUT2D eigenvalue weighted by Gasteiger charge is -2.13. The summed E-state index contributed by atoms with van der Waals surface area (Å²) in [5.74, 6) is 0.706. The second kappa shape index (κ2) is 9.37. The van der Waals surface area contributed by atoms with Crippen molar-refractivity contribution in [3.8, 4) is 5.75 Å². The van der Waals surface area contributed by atoms with E-state index in [0.717, 1.165) is 29.7 Å². The van der Waals surface area contributed by atoms with Gasteiger partial charge in [-0.05, 0) is 73.9 Å². The third-order valence-corrected chi connectivity index (χ3v) is 4.79. The van der Waals surface area contributed by atoms with E-state index in [9.17, 15) is 9.18 Å². The van der Waals surface area contributed by atoms with Gasteiger partial charge in [0.25, 0.3) is 0 Å². The number of ether oxygens (including phenoxy) is 1. The van der Waals surface area contributed by atoms with Gasteiger partial charge in [-0.25, -0.2) is 4.39 Å². The van der Waals surface area contributed by atoms with E-state index in [1.54, 1.807) is 12.1 Å². The van der Waals surface area contributed by atoms with Gasteiger partial charge in [-0.15, -0.1) is 0 Å². The summed E-state index contributed by atoms with van der Waals surface area (Å²) >= 11 is 0. The average Bonchev–Trinajstić information content (AvgIpc) is 3.15. The van der Waals surface area contributed by atoms with Crippen molar-refractivity contribution >= 4 is 5.91 Å². The molecule has 1 saturated carbocycles. The Balaban J connectivity index is 1.39. The molecule has 1 aliphatic rings. The summed E-state index contributed by atoms with van der Waals surface area (Å²) in [5.41, 5.74) is 2.14. The lowest BCUT2D eigenvalue weighted by molar-refractivity contribution is -0.121. The largest absolute Gasteiger partial charge is 0.490 e. The zero-order valence-electron chi connectivity index (χ0n) is 15.0. The topological polar surface area (TPSA) is 38.3 Å². The van der Waals surface area contributed by atoms with Crippen LogP contribution in [-0.2, 0) is 17.6 Å². The van der Waals surface area contributed by atoms with Crippen molar-refractivity contribution in [3.05, 3.63) is 65.5 Å². The summed E-state index contributed by atoms with van der Waals surface area (Å²) in [6.45, 7) is 0.565. The molecule has 3 rings (SSSR count). The normalized spacial score (nSPS) is 14.3. The number of hydrogen-bond acceptors (Lipinski definition) is 2. The molecule has 0 atom stereocenters. The molecule has 0 aliphatic heterocycles. The molecule has 0 unspecified atom stereocenters. The van der Waals surface area contributed by atoms with Crippen LogP contribution < -0.4 is 10.1 Å². The average molecular weight is 355 g/mol. The lowest BCUT2D eigenvalue weighted by atomic mass is 10.1. The SMILES string of the molecule is O=C(CCc1cccc(OC2CCCC2)c1)NCCc1ccc(F)cc1. The fourth-order valence-electron chi connectivity index (χ4n) is 3.32. The minimum Gasteiger partial charge on any atom is -0.490 e. The minimum absolute atomic E-state index is 0.0363. The monoisotopic (exact) mass is 355 g/mol. The van der Waals surface area contributed by atoms with Gasteiger partial charge in [-0.3, -0.25) is 4.79 Å². The highest BCUT2D eigenvalue weighted by Gasteiger charge is 2.16. The summed E-state index contributed by atoms with van der Waals surface area (Å²) in [6, 6.07) is 14.4. The van der Waals surface area contributed by atoms with Gasteiger partial charge in [0.05, 0.1) is 6.10 Å². The summed E-state index contributed by atoms with van der Waals surface area (Å²) in [5, 5.41) is 2.93. The van der Waals surface area contributed by atoms with Gasteiger partial charge in [0.1, 0.15) is 11.6 Å². The third-order valence-electron chi connectivity index (χ3n) is 4.79. The van der Waals surface area contributed by atoms with Gasteiger partial charge < -0.3 is 10.1 Å². The molecule has 0 heterocycles. The number of nitrogens with one attached hydrogen (secondary N) is 1. The molecule has 138 valence electrons. The highest BCUT2D eigenvalue weighted by molar-refractivity contribution is 5.76. The molecule has 4 heteroatoms. The minimum atomic E-state index is -0.239. The second-order valence-corrected chi connectivity index (χ2v) is 6.90. The van der Waals surface area contributed by atoms with Crippen molar-refractivity contribution in [1.82, 2.24) is 5.32 Å². The lowest BCUT2D eigenvalue weighted by Crippen LogP contribution is -2.25. The number of carbonyl (C=O) groups is 1. The van der Waals surface area contributed by atoms with Crippen LogP contribution in [0.1, 0.15) is 43.2 Å². The molecule has 1 amide bonds. The van der Waals surface area contributed by atoms with E-state index in [2.05, 4.69) is 5.32 Å². The Morgan fingerprint density at radius 2 is 1.81 bits per heavy atom. The van der Waals surface area contributed by atoms with Crippen LogP contribution in [0.15, 0.2) is 48.5 Å². The number of aryl methyl sites for hydroxylation is 1. The first kappa shape index (κ1) is 18.4. The van der Waals surface area contributed by atoms with Gasteiger partial charge >= 0.3 is 0 Å². The summed E-state index contributed by atoms with van der Waals surface area (Å²) in [6.07, 6.45) is 6.99. The Hall–Kier alpha value is -2.36. The molecule has 2 aromatic rings. The Morgan fingerprint density at radius 3 is 2.58 bits per heavy atom. The van der Waals surface area contributed by atoms with Crippen molar-refractivity contribution < 1.29 is 13.9 Å². The van der Waals surface area contributed by atoms with E-state index in [1.807, 2.05) is 24.3 Å². The fraction of sp³-hybridized carbons (Fsp3) is 0.409. The predicted octanol–water partition coefficient (Wildman–Crippen LogP) is 4.44. The van der Waals surface area contributed by atoms with E-state index in [-0.39, 0.29) is 11.7 Å². The Kier molecular flexibility index (Phi) is 6.64. The highest BCUT2D eigenvalue weighted by Crippen LogP contribution is 2.24. The molecule has 2 aromatic carbocycles. The molecule has 1 N–H and O–H groups in total. The Bertz CT molecular complexity index is 708. The van der Waals surface area contributed by atoms with Crippen LogP contribution in [0.25, 0.3) is 0 Å². The van der Waals surface area contributed by atoms with Gasteiger partial charge in [0.15, 0.2) is 0 Å². The number of hydrogen-bond donors (Lipinski definition) is 1. The van der Waals surface area contributed by atoms with E-state index in [4.69, 9.17) is 4.74 Å². The van der Waals surface area contributed by atoms with Crippen molar-refractivity contribution in [2.24, 2.45) is 0 Å². The molecule has 0 bridgehead atoms. The van der Waals surface area contributed by atoms with Crippen LogP contribution in [0.3, 0.4) is 0 Å². The molecule has 26 heavy (non-hydrogen) atoms. The summed E-state index contributed by atoms with van der Waals surface area (Å²) in [4.78, 5) is 12.0. The molecular weight excluding hydrogens is 329 g/mol. The first-order chi connectivity index (χ1) is 12.7. The highest BCUT2D eigenvalue weighted by atomic mass is 19.1. The van der Waals surface area contributed by atoms with E-state index in [0.29, 0.717) is 31.9 Å². The van der Waals surface area contributed by atoms with Crippen LogP contribution in [0.2, 0.25) is 0 Å². The van der Waals surface area contributed by atoms with Gasteiger partial charge in [-0.2, -0.15) is 0 Å². The van der Waals surface area contributed by atoms with Crippen molar-refractivity contribution in [2.45, 2.75) is 51.0 Å². The molecule has 1 aliphatic carbocycles. The summed E-state index contributed by atoms with van der Waals surface area (Å²) in [7, 11) is 0. The maximum absolute atomic E-state index is 12.9. The van der Waals surface area contributed by atoms with Gasteiger partial charge in [0, 0.05) is 13.0 Å². The molecular formula is C22H26FNO2. The smallest absolute Gasteiger partial charge is 0.220 e. The molecule has 0 spiro atoms. The first-order valence-corrected chi connectivity index (χ1v) is 9.46. The molecule has 1 fully saturated rings. The van der Waals surface area contributed by atoms with Crippen LogP contribution >= 0.6 is 0 Å². The van der Waals surface area contributed by atoms with Crippen LogP contribution in [0.5, 0.6) is 5.75 Å². The predicted molar refractivity (Wildman–Crippen MR) is 101 cm³/mol. The molecule has 0 saturated heterocycles. The number of amides is 1. The zero-order chi connectivity index (χ0) is 18.2. The third kappa shape index (κ3) is 5.87. The standard InChI is InChI=1S/C22H26FNO2/c23-19-11-8-17(9-12-19)14-15-24-22(25)13-10-18-4-3-7-21(16-18)26-20-5-1-2-6-20/h3-4,7-9,11-12,16,20H,1-2,5-6,10,13-15H2,(H,24,25). The van der Waals surface area contributed by atoms with E-state index < -0.39 is 0 Å². The zero-order valence-corrected chi connectivity index (χ0v) is 15.0. The fourth-order valence-corrected chi connectivity index (χ4v) is 3.32. The van der Waals surface area contributed by atoms with Crippen molar-refractivity contribution in [2.75, 3.05) is 6.54 Å². The Morgan fingerprint density at radius 1 is 1.04 bits per heavy atom. The van der Waals surface area contributed by atoms with E-state index in [1.165, 1.54) is 25.0 Å². The van der Waals surface area contributed by atoms with Crippen LogP contribution in [-0.4, -0.2) is 18.6 Å². The van der Waals surface area contributed by atoms with Gasteiger partial charge in [-0.1, -0.05) is 24.3 Å². The summed E-state index contributed by atoms with van der Waals surface area (Å²) < 4.78 is 18.9. The quantitative estimate of drug-likeness (QED) is 0.760. The van der Waals surface area contributed by atoms with Crippen molar-refractivity contribution in [3.63, 3.8) is 0 Å².